The van der Waals surface area contributed by atoms with Crippen molar-refractivity contribution in [3.05, 3.63) is 29.6 Å². The Labute approximate surface area is 106 Å². The highest BCUT2D eigenvalue weighted by atomic mass is 32.2. The lowest BCUT2D eigenvalue weighted by Gasteiger charge is -2.12. The molecule has 10 heteroatoms. The molecule has 19 heavy (non-hydrogen) atoms. The van der Waals surface area contributed by atoms with Crippen LogP contribution in [0.2, 0.25) is 0 Å². The van der Waals surface area contributed by atoms with E-state index in [1.807, 2.05) is 0 Å². The van der Waals surface area contributed by atoms with Crippen LogP contribution in [0.5, 0.6) is 5.75 Å². The van der Waals surface area contributed by atoms with Gasteiger partial charge in [0, 0.05) is 12.6 Å². The summed E-state index contributed by atoms with van der Waals surface area (Å²) in [5.74, 6) is -1.43. The maximum absolute atomic E-state index is 12.9. The highest BCUT2D eigenvalue weighted by molar-refractivity contribution is 7.88. The van der Waals surface area contributed by atoms with Gasteiger partial charge >= 0.3 is 15.6 Å². The third-order valence-corrected chi connectivity index (χ3v) is 2.84. The molecule has 0 aliphatic carbocycles. The Bertz CT molecular complexity index is 544. The van der Waals surface area contributed by atoms with Gasteiger partial charge in [0.25, 0.3) is 0 Å². The van der Waals surface area contributed by atoms with Crippen molar-refractivity contribution in [1.82, 2.24) is 5.48 Å². The smallest absolute Gasteiger partial charge is 0.376 e. The van der Waals surface area contributed by atoms with Gasteiger partial charge in [-0.3, -0.25) is 4.84 Å². The van der Waals surface area contributed by atoms with Crippen LogP contribution < -0.4 is 9.66 Å². The molecule has 0 fully saturated rings. The predicted molar refractivity (Wildman–Crippen MR) is 55.9 cm³/mol. The summed E-state index contributed by atoms with van der Waals surface area (Å²) >= 11 is 0. The number of alkyl halides is 3. The molecular weight excluding hydrogens is 294 g/mol. The molecule has 1 aromatic carbocycles. The highest BCUT2D eigenvalue weighted by Crippen LogP contribution is 2.29. The van der Waals surface area contributed by atoms with Crippen molar-refractivity contribution >= 4 is 10.1 Å². The van der Waals surface area contributed by atoms with Crippen molar-refractivity contribution in [2.45, 2.75) is 12.1 Å². The van der Waals surface area contributed by atoms with Crippen LogP contribution in [0.3, 0.4) is 0 Å². The van der Waals surface area contributed by atoms with Crippen LogP contribution in [0.4, 0.5) is 17.6 Å². The fourth-order valence-corrected chi connectivity index (χ4v) is 1.55. The fourth-order valence-electron chi connectivity index (χ4n) is 1.06. The van der Waals surface area contributed by atoms with Crippen molar-refractivity contribution in [2.75, 3.05) is 7.05 Å². The van der Waals surface area contributed by atoms with Crippen molar-refractivity contribution in [3.63, 3.8) is 0 Å². The molecular formula is C9H9F4NO4S. The van der Waals surface area contributed by atoms with Gasteiger partial charge < -0.3 is 4.18 Å². The lowest BCUT2D eigenvalue weighted by molar-refractivity contribution is -0.0501. The minimum atomic E-state index is -5.81. The monoisotopic (exact) mass is 303 g/mol. The molecule has 0 heterocycles. The third kappa shape index (κ3) is 4.04. The van der Waals surface area contributed by atoms with Crippen LogP contribution in [0, 0.1) is 5.82 Å². The minimum Gasteiger partial charge on any atom is -0.376 e. The van der Waals surface area contributed by atoms with E-state index in [0.29, 0.717) is 0 Å². The second-order valence-electron chi connectivity index (χ2n) is 3.23. The van der Waals surface area contributed by atoms with Gasteiger partial charge in [0.2, 0.25) is 0 Å². The van der Waals surface area contributed by atoms with E-state index < -0.39 is 27.2 Å². The Balaban J connectivity index is 3.07. The number of hydrogen-bond acceptors (Lipinski definition) is 5. The molecule has 0 spiro atoms. The number of hydrogen-bond donors (Lipinski definition) is 1. The van der Waals surface area contributed by atoms with Gasteiger partial charge in [0.05, 0.1) is 6.61 Å². The summed E-state index contributed by atoms with van der Waals surface area (Å²) in [5.41, 5.74) is -3.55. The molecule has 1 aromatic rings. The average molecular weight is 303 g/mol. The van der Waals surface area contributed by atoms with Gasteiger partial charge in [-0.1, -0.05) is 0 Å². The molecule has 0 amide bonds. The van der Waals surface area contributed by atoms with Gasteiger partial charge in [-0.05, 0) is 18.2 Å². The van der Waals surface area contributed by atoms with E-state index in [2.05, 4.69) is 14.5 Å². The van der Waals surface area contributed by atoms with E-state index in [1.165, 1.54) is 7.05 Å². The van der Waals surface area contributed by atoms with Crippen molar-refractivity contribution in [2.24, 2.45) is 0 Å². The molecule has 0 radical (unpaired) electrons. The molecule has 0 unspecified atom stereocenters. The first-order valence-electron chi connectivity index (χ1n) is 4.75. The van der Waals surface area contributed by atoms with Crippen molar-refractivity contribution in [1.29, 1.82) is 0 Å². The average Bonchev–Trinajstić information content (AvgIpc) is 2.27. The van der Waals surface area contributed by atoms with E-state index in [-0.39, 0.29) is 12.2 Å². The van der Waals surface area contributed by atoms with E-state index in [4.69, 9.17) is 0 Å². The zero-order valence-corrected chi connectivity index (χ0v) is 10.3. The van der Waals surface area contributed by atoms with E-state index >= 15 is 0 Å². The normalized spacial score (nSPS) is 12.5. The van der Waals surface area contributed by atoms with Crippen molar-refractivity contribution in [3.8, 4) is 5.75 Å². The molecule has 0 atom stereocenters. The van der Waals surface area contributed by atoms with Gasteiger partial charge in [0.1, 0.15) is 11.6 Å². The summed E-state index contributed by atoms with van der Waals surface area (Å²) in [6.45, 7) is -0.378. The molecule has 0 saturated carbocycles. The highest BCUT2D eigenvalue weighted by Gasteiger charge is 2.48. The first-order chi connectivity index (χ1) is 8.67. The van der Waals surface area contributed by atoms with Gasteiger partial charge in [-0.15, -0.1) is 0 Å². The number of nitrogens with one attached hydrogen (secondary N) is 1. The Morgan fingerprint density at radius 2 is 1.95 bits per heavy atom. The molecule has 108 valence electrons. The van der Waals surface area contributed by atoms with Crippen LogP contribution in [0.1, 0.15) is 5.56 Å². The standard InChI is InChI=1S/C9H9F4NO4S/c1-14-17-5-6-4-7(10)2-3-8(6)18-19(15,16)9(11,12)13/h2-4,14H,5H2,1H3. The summed E-state index contributed by atoms with van der Waals surface area (Å²) in [5, 5.41) is 0. The zero-order chi connectivity index (χ0) is 14.7. The van der Waals surface area contributed by atoms with Crippen LogP contribution in [0.15, 0.2) is 18.2 Å². The quantitative estimate of drug-likeness (QED) is 0.388. The van der Waals surface area contributed by atoms with E-state index in [1.54, 1.807) is 0 Å². The second kappa shape index (κ2) is 5.72. The Morgan fingerprint density at radius 1 is 1.32 bits per heavy atom. The molecule has 0 aliphatic rings. The first kappa shape index (κ1) is 15.7. The number of halogens is 4. The number of benzene rings is 1. The zero-order valence-electron chi connectivity index (χ0n) is 9.49. The van der Waals surface area contributed by atoms with Crippen LogP contribution >= 0.6 is 0 Å². The SMILES string of the molecule is CNOCc1cc(F)ccc1OS(=O)(=O)C(F)(F)F. The van der Waals surface area contributed by atoms with Gasteiger partial charge in [0.15, 0.2) is 0 Å². The van der Waals surface area contributed by atoms with Crippen LogP contribution in [-0.2, 0) is 21.6 Å². The maximum atomic E-state index is 12.9. The van der Waals surface area contributed by atoms with Gasteiger partial charge in [-0.25, -0.2) is 9.87 Å². The molecule has 1 rings (SSSR count). The number of hydroxylamine groups is 1. The summed E-state index contributed by atoms with van der Waals surface area (Å²) in [4.78, 5) is 4.64. The van der Waals surface area contributed by atoms with Crippen molar-refractivity contribution < 1.29 is 35.0 Å². The summed E-state index contributed by atoms with van der Waals surface area (Å²) in [6, 6.07) is 2.34. The lowest BCUT2D eigenvalue weighted by atomic mass is 10.2. The topological polar surface area (TPSA) is 64.6 Å². The minimum absolute atomic E-state index is 0.192. The Kier molecular flexibility index (Phi) is 4.71. The fraction of sp³-hybridized carbons (Fsp3) is 0.333. The van der Waals surface area contributed by atoms with Crippen LogP contribution in [0.25, 0.3) is 0 Å². The number of rotatable bonds is 5. The van der Waals surface area contributed by atoms with Gasteiger partial charge in [-0.2, -0.15) is 21.6 Å². The second-order valence-corrected chi connectivity index (χ2v) is 4.77. The summed E-state index contributed by atoms with van der Waals surface area (Å²) < 4.78 is 75.0. The first-order valence-corrected chi connectivity index (χ1v) is 6.16. The van der Waals surface area contributed by atoms with Crippen LogP contribution in [-0.4, -0.2) is 21.0 Å². The molecule has 0 bridgehead atoms. The Hall–Kier alpha value is -1.39. The molecule has 0 saturated heterocycles. The van der Waals surface area contributed by atoms with E-state index in [0.717, 1.165) is 18.2 Å². The molecule has 0 aliphatic heterocycles. The third-order valence-electron chi connectivity index (χ3n) is 1.88. The molecule has 1 N–H and O–H groups in total. The summed E-state index contributed by atoms with van der Waals surface area (Å²) in [6.07, 6.45) is 0. The lowest BCUT2D eigenvalue weighted by Crippen LogP contribution is -2.28. The predicted octanol–water partition coefficient (Wildman–Crippen LogP) is 1.71. The largest absolute Gasteiger partial charge is 0.534 e. The van der Waals surface area contributed by atoms with E-state index in [9.17, 15) is 26.0 Å². The Morgan fingerprint density at radius 3 is 2.47 bits per heavy atom. The molecule has 5 nitrogen and oxygen atoms in total. The maximum Gasteiger partial charge on any atom is 0.534 e. The molecule has 0 aromatic heterocycles. The summed E-state index contributed by atoms with van der Waals surface area (Å²) in [7, 11) is -4.44.